The van der Waals surface area contributed by atoms with Crippen molar-refractivity contribution < 1.29 is 5.11 Å². The molecule has 0 aliphatic rings. The van der Waals surface area contributed by atoms with E-state index < -0.39 is 6.10 Å². The Morgan fingerprint density at radius 1 is 1.24 bits per heavy atom. The number of benzene rings is 1. The summed E-state index contributed by atoms with van der Waals surface area (Å²) in [6, 6.07) is 11.5. The summed E-state index contributed by atoms with van der Waals surface area (Å²) in [5.41, 5.74) is 7.51. The van der Waals surface area contributed by atoms with Crippen molar-refractivity contribution in [3.05, 3.63) is 57.3 Å². The lowest BCUT2D eigenvalue weighted by Gasteiger charge is -2.11. The quantitative estimate of drug-likeness (QED) is 0.845. The smallest absolute Gasteiger partial charge is 0.123 e. The number of nitrogens with two attached hydrogens (primary N) is 1. The number of aliphatic hydroxyl groups excluding tert-OH is 1. The third kappa shape index (κ3) is 3.41. The first-order chi connectivity index (χ1) is 8.15. The van der Waals surface area contributed by atoms with Gasteiger partial charge in [-0.15, -0.1) is 0 Å². The molecule has 1 atom stereocenters. The molecule has 1 aromatic carbocycles. The number of aromatic nitrogens is 1. The van der Waals surface area contributed by atoms with Crippen LogP contribution in [0.25, 0.3) is 0 Å². The number of halogens is 1. The molecule has 3 nitrogen and oxygen atoms in total. The van der Waals surface area contributed by atoms with Gasteiger partial charge in [0.15, 0.2) is 0 Å². The summed E-state index contributed by atoms with van der Waals surface area (Å²) in [6.07, 6.45) is 1.70. The fourth-order valence-electron chi connectivity index (χ4n) is 1.65. The van der Waals surface area contributed by atoms with Crippen LogP contribution in [0.3, 0.4) is 0 Å². The summed E-state index contributed by atoms with van der Waals surface area (Å²) in [4.78, 5) is 3.93. The third-order valence-corrected chi connectivity index (χ3v) is 3.25. The first kappa shape index (κ1) is 12.3. The van der Waals surface area contributed by atoms with Crippen LogP contribution in [-0.4, -0.2) is 10.1 Å². The molecular formula is C13H13IN2O. The van der Waals surface area contributed by atoms with E-state index in [0.29, 0.717) is 12.2 Å². The van der Waals surface area contributed by atoms with E-state index >= 15 is 0 Å². The van der Waals surface area contributed by atoms with Crippen LogP contribution < -0.4 is 5.73 Å². The number of pyridine rings is 1. The molecule has 0 radical (unpaired) electrons. The SMILES string of the molecule is Nc1cc(CC(O)c2ccc(I)cc2)ccn1. The topological polar surface area (TPSA) is 59.1 Å². The Bertz CT molecular complexity index is 499. The van der Waals surface area contributed by atoms with Crippen molar-refractivity contribution in [3.8, 4) is 0 Å². The van der Waals surface area contributed by atoms with E-state index in [-0.39, 0.29) is 0 Å². The summed E-state index contributed by atoms with van der Waals surface area (Å²) >= 11 is 2.24. The van der Waals surface area contributed by atoms with Gasteiger partial charge >= 0.3 is 0 Å². The molecule has 0 aliphatic heterocycles. The second kappa shape index (κ2) is 5.46. The Balaban J connectivity index is 2.11. The van der Waals surface area contributed by atoms with E-state index in [1.54, 1.807) is 12.3 Å². The molecule has 2 rings (SSSR count). The first-order valence-electron chi connectivity index (χ1n) is 5.29. The molecule has 4 heteroatoms. The number of aliphatic hydroxyl groups is 1. The molecule has 3 N–H and O–H groups in total. The molecule has 2 aromatic rings. The maximum absolute atomic E-state index is 10.1. The molecule has 1 unspecified atom stereocenters. The summed E-state index contributed by atoms with van der Waals surface area (Å²) < 4.78 is 1.16. The van der Waals surface area contributed by atoms with Crippen LogP contribution in [0.5, 0.6) is 0 Å². The molecule has 1 heterocycles. The van der Waals surface area contributed by atoms with Crippen molar-refractivity contribution in [2.24, 2.45) is 0 Å². The average molecular weight is 340 g/mol. The molecule has 0 bridgehead atoms. The van der Waals surface area contributed by atoms with Crippen LogP contribution in [-0.2, 0) is 6.42 Å². The van der Waals surface area contributed by atoms with Crippen LogP contribution in [0, 0.1) is 3.57 Å². The van der Waals surface area contributed by atoms with Gasteiger partial charge in [-0.1, -0.05) is 12.1 Å². The largest absolute Gasteiger partial charge is 0.388 e. The normalized spacial score (nSPS) is 12.4. The van der Waals surface area contributed by atoms with Crippen molar-refractivity contribution >= 4 is 28.4 Å². The van der Waals surface area contributed by atoms with Gasteiger partial charge in [0.1, 0.15) is 5.82 Å². The minimum atomic E-state index is -0.506. The number of rotatable bonds is 3. The molecule has 0 amide bonds. The van der Waals surface area contributed by atoms with Gasteiger partial charge in [0.2, 0.25) is 0 Å². The average Bonchev–Trinajstić information content (AvgIpc) is 2.29. The van der Waals surface area contributed by atoms with Gasteiger partial charge in [0, 0.05) is 16.2 Å². The highest BCUT2D eigenvalue weighted by Crippen LogP contribution is 2.19. The molecule has 0 aliphatic carbocycles. The van der Waals surface area contributed by atoms with Gasteiger partial charge in [-0.05, 0) is 58.0 Å². The van der Waals surface area contributed by atoms with Crippen LogP contribution >= 0.6 is 22.6 Å². The van der Waals surface area contributed by atoms with Gasteiger partial charge < -0.3 is 10.8 Å². The Morgan fingerprint density at radius 3 is 2.59 bits per heavy atom. The van der Waals surface area contributed by atoms with Crippen molar-refractivity contribution in [1.82, 2.24) is 4.98 Å². The van der Waals surface area contributed by atoms with Gasteiger partial charge in [-0.25, -0.2) is 4.98 Å². The molecule has 1 aromatic heterocycles. The summed E-state index contributed by atoms with van der Waals surface area (Å²) in [6.45, 7) is 0. The predicted molar refractivity (Wildman–Crippen MR) is 76.5 cm³/mol. The van der Waals surface area contributed by atoms with E-state index in [1.807, 2.05) is 30.3 Å². The number of nitrogen functional groups attached to an aromatic ring is 1. The van der Waals surface area contributed by atoms with E-state index in [2.05, 4.69) is 27.6 Å². The molecule has 0 saturated carbocycles. The highest BCUT2D eigenvalue weighted by Gasteiger charge is 2.08. The standard InChI is InChI=1S/C13H13IN2O/c14-11-3-1-10(2-4-11)12(17)7-9-5-6-16-13(15)8-9/h1-6,8,12,17H,7H2,(H2,15,16). The van der Waals surface area contributed by atoms with Crippen molar-refractivity contribution in [2.75, 3.05) is 5.73 Å². The maximum Gasteiger partial charge on any atom is 0.123 e. The number of nitrogens with zero attached hydrogens (tertiary/aromatic N) is 1. The Kier molecular flexibility index (Phi) is 3.96. The van der Waals surface area contributed by atoms with E-state index in [9.17, 15) is 5.11 Å². The van der Waals surface area contributed by atoms with Crippen molar-refractivity contribution in [2.45, 2.75) is 12.5 Å². The summed E-state index contributed by atoms with van der Waals surface area (Å²) in [5, 5.41) is 10.1. The lowest BCUT2D eigenvalue weighted by Crippen LogP contribution is -2.02. The zero-order chi connectivity index (χ0) is 12.3. The highest BCUT2D eigenvalue weighted by molar-refractivity contribution is 14.1. The van der Waals surface area contributed by atoms with Crippen LogP contribution in [0.1, 0.15) is 17.2 Å². The zero-order valence-corrected chi connectivity index (χ0v) is 11.3. The summed E-state index contributed by atoms with van der Waals surface area (Å²) in [5.74, 6) is 0.484. The van der Waals surface area contributed by atoms with Crippen molar-refractivity contribution in [1.29, 1.82) is 0 Å². The monoisotopic (exact) mass is 340 g/mol. The second-order valence-corrected chi connectivity index (χ2v) is 5.11. The van der Waals surface area contributed by atoms with Gasteiger partial charge in [0.25, 0.3) is 0 Å². The lowest BCUT2D eigenvalue weighted by molar-refractivity contribution is 0.178. The van der Waals surface area contributed by atoms with E-state index in [1.165, 1.54) is 0 Å². The molecule has 0 saturated heterocycles. The minimum absolute atomic E-state index is 0.484. The van der Waals surface area contributed by atoms with Gasteiger partial charge in [0.05, 0.1) is 6.10 Å². The zero-order valence-electron chi connectivity index (χ0n) is 9.18. The predicted octanol–water partition coefficient (Wildman–Crippen LogP) is 2.54. The van der Waals surface area contributed by atoms with Crippen molar-refractivity contribution in [3.63, 3.8) is 0 Å². The van der Waals surface area contributed by atoms with Gasteiger partial charge in [-0.3, -0.25) is 0 Å². The third-order valence-electron chi connectivity index (χ3n) is 2.53. The molecule has 0 spiro atoms. The fraction of sp³-hybridized carbons (Fsp3) is 0.154. The molecule has 0 fully saturated rings. The van der Waals surface area contributed by atoms with Crippen LogP contribution in [0.15, 0.2) is 42.6 Å². The molecular weight excluding hydrogens is 327 g/mol. The Morgan fingerprint density at radius 2 is 1.94 bits per heavy atom. The van der Waals surface area contributed by atoms with Crippen LogP contribution in [0.2, 0.25) is 0 Å². The molecule has 88 valence electrons. The number of anilines is 1. The highest BCUT2D eigenvalue weighted by atomic mass is 127. The Hall–Kier alpha value is -1.14. The van der Waals surface area contributed by atoms with E-state index in [4.69, 9.17) is 5.73 Å². The van der Waals surface area contributed by atoms with E-state index in [0.717, 1.165) is 14.7 Å². The molecule has 17 heavy (non-hydrogen) atoms. The fourth-order valence-corrected chi connectivity index (χ4v) is 2.01. The van der Waals surface area contributed by atoms with Crippen LogP contribution in [0.4, 0.5) is 5.82 Å². The number of hydrogen-bond donors (Lipinski definition) is 2. The Labute approximate surface area is 114 Å². The second-order valence-electron chi connectivity index (χ2n) is 3.86. The summed E-state index contributed by atoms with van der Waals surface area (Å²) in [7, 11) is 0. The maximum atomic E-state index is 10.1. The number of hydrogen-bond acceptors (Lipinski definition) is 3. The minimum Gasteiger partial charge on any atom is -0.388 e. The van der Waals surface area contributed by atoms with Gasteiger partial charge in [-0.2, -0.15) is 0 Å². The lowest BCUT2D eigenvalue weighted by atomic mass is 10.0. The first-order valence-corrected chi connectivity index (χ1v) is 6.37.